The molecular weight excluding hydrogens is 376 g/mol. The highest BCUT2D eigenvalue weighted by Crippen LogP contribution is 2.16. The minimum absolute atomic E-state index is 0.146. The van der Waals surface area contributed by atoms with E-state index >= 15 is 0 Å². The number of fused-ring (bicyclic) bond motifs is 1. The summed E-state index contributed by atoms with van der Waals surface area (Å²) in [5, 5.41) is 4.72. The standard InChI is InChI=1S/C22H29ClN2O3/c1-2-3-4-5-6-7-8-9-10-11-21(26)25-24-15-17-16-28-20-13-12-18(23)14-19(20)22(17)27/h12-16H,2-11H2,1H3,(H,25,26)/b24-15-. The highest BCUT2D eigenvalue weighted by molar-refractivity contribution is 6.31. The zero-order chi connectivity index (χ0) is 20.2. The van der Waals surface area contributed by atoms with Gasteiger partial charge in [0.1, 0.15) is 11.8 Å². The Kier molecular flexibility index (Phi) is 9.77. The van der Waals surface area contributed by atoms with Crippen LogP contribution < -0.4 is 10.9 Å². The van der Waals surface area contributed by atoms with Gasteiger partial charge in [-0.1, -0.05) is 69.9 Å². The fourth-order valence-corrected chi connectivity index (χ4v) is 3.21. The van der Waals surface area contributed by atoms with E-state index < -0.39 is 0 Å². The van der Waals surface area contributed by atoms with Crippen molar-refractivity contribution in [3.8, 4) is 0 Å². The molecule has 0 aliphatic carbocycles. The number of nitrogens with one attached hydrogen (secondary N) is 1. The van der Waals surface area contributed by atoms with Crippen molar-refractivity contribution in [3.05, 3.63) is 45.3 Å². The van der Waals surface area contributed by atoms with Crippen molar-refractivity contribution in [1.82, 2.24) is 5.43 Å². The first-order chi connectivity index (χ1) is 13.6. The maximum absolute atomic E-state index is 12.4. The molecule has 1 amide bonds. The second-order valence-corrected chi connectivity index (χ2v) is 7.47. The van der Waals surface area contributed by atoms with Crippen LogP contribution in [-0.4, -0.2) is 12.1 Å². The van der Waals surface area contributed by atoms with Crippen LogP contribution in [0.1, 0.15) is 76.7 Å². The molecule has 0 saturated carbocycles. The molecule has 1 aromatic heterocycles. The van der Waals surface area contributed by atoms with Gasteiger partial charge in [-0.05, 0) is 24.6 Å². The van der Waals surface area contributed by atoms with Gasteiger partial charge in [0, 0.05) is 11.4 Å². The summed E-state index contributed by atoms with van der Waals surface area (Å²) in [5.41, 5.74) is 2.95. The second kappa shape index (κ2) is 12.3. The number of carbonyl (C=O) groups is 1. The number of rotatable bonds is 12. The third-order valence-electron chi connectivity index (χ3n) is 4.66. The van der Waals surface area contributed by atoms with Crippen molar-refractivity contribution in [2.45, 2.75) is 71.1 Å². The van der Waals surface area contributed by atoms with Crippen molar-refractivity contribution < 1.29 is 9.21 Å². The molecule has 5 nitrogen and oxygen atoms in total. The van der Waals surface area contributed by atoms with Crippen LogP contribution in [0, 0.1) is 0 Å². The summed E-state index contributed by atoms with van der Waals surface area (Å²) in [6.45, 7) is 2.22. The van der Waals surface area contributed by atoms with Crippen LogP contribution in [0.2, 0.25) is 5.02 Å². The molecule has 2 rings (SSSR count). The normalized spacial score (nSPS) is 11.4. The van der Waals surface area contributed by atoms with Crippen LogP contribution in [0.4, 0.5) is 0 Å². The first-order valence-electron chi connectivity index (χ1n) is 10.1. The number of carbonyl (C=O) groups excluding carboxylic acids is 1. The summed E-state index contributed by atoms with van der Waals surface area (Å²) in [4.78, 5) is 24.2. The highest BCUT2D eigenvalue weighted by atomic mass is 35.5. The summed E-state index contributed by atoms with van der Waals surface area (Å²) >= 11 is 5.93. The molecule has 0 aliphatic heterocycles. The molecule has 0 bridgehead atoms. The molecule has 0 aliphatic rings. The van der Waals surface area contributed by atoms with Gasteiger partial charge in [0.15, 0.2) is 0 Å². The second-order valence-electron chi connectivity index (χ2n) is 7.03. The van der Waals surface area contributed by atoms with Gasteiger partial charge in [0.25, 0.3) is 0 Å². The minimum Gasteiger partial charge on any atom is -0.463 e. The lowest BCUT2D eigenvalue weighted by Gasteiger charge is -2.02. The molecule has 0 atom stereocenters. The first-order valence-corrected chi connectivity index (χ1v) is 10.5. The average molecular weight is 405 g/mol. The van der Waals surface area contributed by atoms with Gasteiger partial charge < -0.3 is 4.42 Å². The summed E-state index contributed by atoms with van der Waals surface area (Å²) in [6.07, 6.45) is 13.9. The van der Waals surface area contributed by atoms with Crippen molar-refractivity contribution in [2.24, 2.45) is 5.10 Å². The van der Waals surface area contributed by atoms with Gasteiger partial charge >= 0.3 is 0 Å². The quantitative estimate of drug-likeness (QED) is 0.275. The van der Waals surface area contributed by atoms with E-state index in [4.69, 9.17) is 16.0 Å². The van der Waals surface area contributed by atoms with Crippen molar-refractivity contribution in [1.29, 1.82) is 0 Å². The largest absolute Gasteiger partial charge is 0.463 e. The van der Waals surface area contributed by atoms with Crippen molar-refractivity contribution in [3.63, 3.8) is 0 Å². The lowest BCUT2D eigenvalue weighted by Crippen LogP contribution is -2.18. The van der Waals surface area contributed by atoms with Gasteiger partial charge in [0.2, 0.25) is 11.3 Å². The monoisotopic (exact) mass is 404 g/mol. The molecular formula is C22H29ClN2O3. The van der Waals surface area contributed by atoms with E-state index in [0.29, 0.717) is 22.4 Å². The SMILES string of the molecule is CCCCCCCCCCCC(=O)N/N=C\c1coc2ccc(Cl)cc2c1=O. The minimum atomic E-state index is -0.235. The Bertz CT molecular complexity index is 845. The number of hydrazone groups is 1. The molecule has 2 aromatic rings. The molecule has 0 saturated heterocycles. The number of nitrogens with zero attached hydrogens (tertiary/aromatic N) is 1. The zero-order valence-corrected chi connectivity index (χ0v) is 17.3. The Balaban J connectivity index is 1.69. The van der Waals surface area contributed by atoms with E-state index in [1.165, 1.54) is 57.4 Å². The van der Waals surface area contributed by atoms with E-state index in [9.17, 15) is 9.59 Å². The molecule has 6 heteroatoms. The molecule has 1 heterocycles. The number of benzene rings is 1. The molecule has 0 spiro atoms. The van der Waals surface area contributed by atoms with Gasteiger partial charge in [-0.2, -0.15) is 5.10 Å². The van der Waals surface area contributed by atoms with E-state index in [0.717, 1.165) is 12.8 Å². The van der Waals surface area contributed by atoms with Gasteiger partial charge in [-0.3, -0.25) is 9.59 Å². The Morgan fingerprint density at radius 2 is 1.79 bits per heavy atom. The third-order valence-corrected chi connectivity index (χ3v) is 4.90. The van der Waals surface area contributed by atoms with Gasteiger partial charge in [0.05, 0.1) is 17.2 Å². The number of amides is 1. The van der Waals surface area contributed by atoms with E-state index in [1.54, 1.807) is 18.2 Å². The Morgan fingerprint density at radius 3 is 2.50 bits per heavy atom. The smallest absolute Gasteiger partial charge is 0.240 e. The summed E-state index contributed by atoms with van der Waals surface area (Å²) in [7, 11) is 0. The lowest BCUT2D eigenvalue weighted by atomic mass is 10.1. The van der Waals surface area contributed by atoms with Crippen LogP contribution in [-0.2, 0) is 4.79 Å². The van der Waals surface area contributed by atoms with Gasteiger partial charge in [-0.15, -0.1) is 0 Å². The molecule has 1 aromatic carbocycles. The third kappa shape index (κ3) is 7.47. The van der Waals surface area contributed by atoms with E-state index in [1.807, 2.05) is 0 Å². The number of hydrogen-bond acceptors (Lipinski definition) is 4. The molecule has 28 heavy (non-hydrogen) atoms. The Hall–Kier alpha value is -2.14. The maximum atomic E-state index is 12.4. The number of hydrogen-bond donors (Lipinski definition) is 1. The maximum Gasteiger partial charge on any atom is 0.240 e. The number of halogens is 1. The number of unbranched alkanes of at least 4 members (excludes halogenated alkanes) is 8. The topological polar surface area (TPSA) is 71.7 Å². The Labute approximate surface area is 171 Å². The summed E-state index contributed by atoms with van der Waals surface area (Å²) in [5.74, 6) is -0.146. The van der Waals surface area contributed by atoms with Crippen LogP contribution >= 0.6 is 11.6 Å². The zero-order valence-electron chi connectivity index (χ0n) is 16.5. The molecule has 0 fully saturated rings. The highest BCUT2D eigenvalue weighted by Gasteiger charge is 2.06. The molecule has 152 valence electrons. The summed E-state index contributed by atoms with van der Waals surface area (Å²) < 4.78 is 5.41. The molecule has 0 unspecified atom stereocenters. The van der Waals surface area contributed by atoms with Gasteiger partial charge in [-0.25, -0.2) is 5.43 Å². The van der Waals surface area contributed by atoms with Crippen LogP contribution in [0.15, 0.2) is 38.8 Å². The van der Waals surface area contributed by atoms with E-state index in [2.05, 4.69) is 17.5 Å². The first kappa shape index (κ1) is 22.2. The van der Waals surface area contributed by atoms with Crippen LogP contribution in [0.5, 0.6) is 0 Å². The Morgan fingerprint density at radius 1 is 1.11 bits per heavy atom. The fraction of sp³-hybridized carbons (Fsp3) is 0.500. The predicted octanol–water partition coefficient (Wildman–Crippen LogP) is 5.82. The van der Waals surface area contributed by atoms with Crippen molar-refractivity contribution in [2.75, 3.05) is 0 Å². The molecule has 0 radical (unpaired) electrons. The van der Waals surface area contributed by atoms with Crippen LogP contribution in [0.3, 0.4) is 0 Å². The fourth-order valence-electron chi connectivity index (χ4n) is 3.03. The van der Waals surface area contributed by atoms with E-state index in [-0.39, 0.29) is 16.9 Å². The average Bonchev–Trinajstić information content (AvgIpc) is 2.69. The lowest BCUT2D eigenvalue weighted by molar-refractivity contribution is -0.121. The predicted molar refractivity (Wildman–Crippen MR) is 115 cm³/mol. The van der Waals surface area contributed by atoms with Crippen molar-refractivity contribution >= 4 is 34.7 Å². The molecule has 1 N–H and O–H groups in total. The van der Waals surface area contributed by atoms with Crippen LogP contribution in [0.25, 0.3) is 11.0 Å². The summed E-state index contributed by atoms with van der Waals surface area (Å²) in [6, 6.07) is 4.86.